The lowest BCUT2D eigenvalue weighted by Gasteiger charge is -2.35. The van der Waals surface area contributed by atoms with Crippen molar-refractivity contribution in [3.8, 4) is 5.75 Å². The van der Waals surface area contributed by atoms with Gasteiger partial charge in [-0.15, -0.1) is 0 Å². The summed E-state index contributed by atoms with van der Waals surface area (Å²) in [5, 5.41) is 29.1. The molecule has 1 heterocycles. The van der Waals surface area contributed by atoms with Crippen LogP contribution in [-0.2, 0) is 30.3 Å². The summed E-state index contributed by atoms with van der Waals surface area (Å²) in [6.45, 7) is 4.69. The molecule has 0 radical (unpaired) electrons. The zero-order valence-corrected chi connectivity index (χ0v) is 24.1. The van der Waals surface area contributed by atoms with Gasteiger partial charge in [-0.2, -0.15) is 0 Å². The van der Waals surface area contributed by atoms with Crippen LogP contribution in [0, 0.1) is 0 Å². The Kier molecular flexibility index (Phi) is 15.1. The van der Waals surface area contributed by atoms with Crippen LogP contribution in [0.4, 0.5) is 0 Å². The SMILES string of the molecule is CCCCOc1ccc(CC(C(=O)O)N2CCN(CC(=O)O)CCN(CC(=O)OC)CCN(CC(=O)O)CC2)cc1. The maximum atomic E-state index is 12.5. The minimum absolute atomic E-state index is 0.00598. The zero-order chi connectivity index (χ0) is 30.2. The minimum Gasteiger partial charge on any atom is -0.494 e. The van der Waals surface area contributed by atoms with Crippen LogP contribution >= 0.6 is 0 Å². The fourth-order valence-corrected chi connectivity index (χ4v) is 4.62. The number of carbonyl (C=O) groups excluding carboxylic acids is 1. The van der Waals surface area contributed by atoms with Gasteiger partial charge in [0.05, 0.1) is 33.4 Å². The average Bonchev–Trinajstić information content (AvgIpc) is 2.92. The molecule has 13 nitrogen and oxygen atoms in total. The lowest BCUT2D eigenvalue weighted by atomic mass is 10.0. The first-order valence-corrected chi connectivity index (χ1v) is 14.0. The van der Waals surface area contributed by atoms with Crippen LogP contribution in [0.3, 0.4) is 0 Å². The summed E-state index contributed by atoms with van der Waals surface area (Å²) in [4.78, 5) is 54.6. The fraction of sp³-hybridized carbons (Fsp3) is 0.643. The number of methoxy groups -OCH3 is 1. The second-order valence-corrected chi connectivity index (χ2v) is 10.1. The summed E-state index contributed by atoms with van der Waals surface area (Å²) in [5.41, 5.74) is 0.814. The molecule has 1 aliphatic rings. The molecule has 41 heavy (non-hydrogen) atoms. The number of carboxylic acids is 3. The molecule has 1 unspecified atom stereocenters. The summed E-state index contributed by atoms with van der Waals surface area (Å²) in [6, 6.07) is 6.43. The van der Waals surface area contributed by atoms with Gasteiger partial charge in [-0.05, 0) is 30.5 Å². The predicted octanol–water partition coefficient (Wildman–Crippen LogP) is 0.425. The van der Waals surface area contributed by atoms with E-state index in [4.69, 9.17) is 9.47 Å². The van der Waals surface area contributed by atoms with Crippen molar-refractivity contribution in [2.45, 2.75) is 32.2 Å². The Morgan fingerprint density at radius 1 is 0.780 bits per heavy atom. The monoisotopic (exact) mass is 580 g/mol. The molecule has 1 saturated heterocycles. The molecular weight excluding hydrogens is 536 g/mol. The molecule has 1 aromatic carbocycles. The normalized spacial score (nSPS) is 17.6. The van der Waals surface area contributed by atoms with E-state index in [2.05, 4.69) is 6.92 Å². The Bertz CT molecular complexity index is 944. The van der Waals surface area contributed by atoms with Gasteiger partial charge in [0.1, 0.15) is 11.8 Å². The van der Waals surface area contributed by atoms with E-state index in [-0.39, 0.29) is 52.2 Å². The van der Waals surface area contributed by atoms with Crippen LogP contribution < -0.4 is 4.74 Å². The quantitative estimate of drug-likeness (QED) is 0.205. The molecule has 230 valence electrons. The molecule has 13 heteroatoms. The molecule has 0 saturated carbocycles. The molecule has 1 aliphatic heterocycles. The van der Waals surface area contributed by atoms with Gasteiger partial charge in [-0.1, -0.05) is 25.5 Å². The number of rotatable bonds is 14. The number of esters is 1. The van der Waals surface area contributed by atoms with E-state index in [1.807, 2.05) is 29.2 Å². The number of carbonyl (C=O) groups is 4. The standard InChI is InChI=1S/C28H44N4O9/c1-3-4-17-41-23-7-5-22(6-8-23)18-24(28(38)39)32-15-13-29(19-25(33)34)9-11-31(21-27(37)40-2)12-10-30(14-16-32)20-26(35)36/h5-8,24H,3-4,9-21H2,1-2H3,(H,33,34)(H,35,36)(H,38,39). The van der Waals surface area contributed by atoms with Crippen molar-refractivity contribution in [2.75, 3.05) is 85.7 Å². The van der Waals surface area contributed by atoms with Crippen LogP contribution in [0.5, 0.6) is 5.75 Å². The zero-order valence-electron chi connectivity index (χ0n) is 24.1. The number of hydrogen-bond acceptors (Lipinski definition) is 10. The van der Waals surface area contributed by atoms with Crippen LogP contribution in [0.15, 0.2) is 24.3 Å². The molecule has 0 aromatic heterocycles. The minimum atomic E-state index is -1.01. The van der Waals surface area contributed by atoms with Gasteiger partial charge >= 0.3 is 23.9 Å². The first-order valence-electron chi connectivity index (χ1n) is 14.0. The lowest BCUT2D eigenvalue weighted by Crippen LogP contribution is -2.52. The van der Waals surface area contributed by atoms with E-state index >= 15 is 0 Å². The van der Waals surface area contributed by atoms with Gasteiger partial charge in [-0.3, -0.25) is 38.8 Å². The van der Waals surface area contributed by atoms with Crippen molar-refractivity contribution in [2.24, 2.45) is 0 Å². The highest BCUT2D eigenvalue weighted by Gasteiger charge is 2.28. The lowest BCUT2D eigenvalue weighted by molar-refractivity contribution is -0.144. The highest BCUT2D eigenvalue weighted by Crippen LogP contribution is 2.16. The summed E-state index contributed by atoms with van der Waals surface area (Å²) >= 11 is 0. The van der Waals surface area contributed by atoms with E-state index in [9.17, 15) is 34.5 Å². The van der Waals surface area contributed by atoms with Crippen molar-refractivity contribution in [1.29, 1.82) is 0 Å². The highest BCUT2D eigenvalue weighted by molar-refractivity contribution is 5.74. The topological polar surface area (TPSA) is 160 Å². The first kappa shape index (κ1) is 33.9. The molecule has 1 atom stereocenters. The van der Waals surface area contributed by atoms with E-state index in [0.29, 0.717) is 32.8 Å². The maximum absolute atomic E-state index is 12.5. The number of nitrogens with zero attached hydrogens (tertiary/aromatic N) is 4. The number of carboxylic acid groups (broad SMARTS) is 3. The van der Waals surface area contributed by atoms with Crippen molar-refractivity contribution >= 4 is 23.9 Å². The van der Waals surface area contributed by atoms with E-state index in [0.717, 1.165) is 24.2 Å². The Morgan fingerprint density at radius 2 is 1.27 bits per heavy atom. The summed E-state index contributed by atoms with van der Waals surface area (Å²) in [5.74, 6) is -2.75. The predicted molar refractivity (Wildman–Crippen MR) is 150 cm³/mol. The van der Waals surface area contributed by atoms with Gasteiger partial charge < -0.3 is 24.8 Å². The maximum Gasteiger partial charge on any atom is 0.321 e. The Labute approximate surface area is 241 Å². The Hall–Kier alpha value is -3.26. The summed E-state index contributed by atoms with van der Waals surface area (Å²) in [6.07, 6.45) is 2.18. The molecule has 0 aliphatic carbocycles. The fourth-order valence-electron chi connectivity index (χ4n) is 4.62. The van der Waals surface area contributed by atoms with Crippen LogP contribution in [-0.4, -0.2) is 151 Å². The number of aliphatic carboxylic acids is 3. The molecule has 2 rings (SSSR count). The number of unbranched alkanes of at least 4 members (excludes halogenated alkanes) is 1. The first-order chi connectivity index (χ1) is 19.6. The largest absolute Gasteiger partial charge is 0.494 e. The smallest absolute Gasteiger partial charge is 0.321 e. The van der Waals surface area contributed by atoms with Gasteiger partial charge in [0, 0.05) is 52.4 Å². The van der Waals surface area contributed by atoms with Crippen LogP contribution in [0.2, 0.25) is 0 Å². The van der Waals surface area contributed by atoms with Gasteiger partial charge in [0.25, 0.3) is 0 Å². The molecule has 1 fully saturated rings. The van der Waals surface area contributed by atoms with Gasteiger partial charge in [0.2, 0.25) is 0 Å². The average molecular weight is 581 g/mol. The highest BCUT2D eigenvalue weighted by atomic mass is 16.5. The molecule has 0 bridgehead atoms. The summed E-state index contributed by atoms with van der Waals surface area (Å²) < 4.78 is 10.5. The summed E-state index contributed by atoms with van der Waals surface area (Å²) in [7, 11) is 1.29. The Morgan fingerprint density at radius 3 is 1.71 bits per heavy atom. The van der Waals surface area contributed by atoms with Crippen molar-refractivity contribution in [3.63, 3.8) is 0 Å². The van der Waals surface area contributed by atoms with Gasteiger partial charge in [-0.25, -0.2) is 0 Å². The van der Waals surface area contributed by atoms with Crippen LogP contribution in [0.25, 0.3) is 0 Å². The third kappa shape index (κ3) is 13.3. The molecule has 1 aromatic rings. The number of benzene rings is 1. The van der Waals surface area contributed by atoms with Crippen molar-refractivity contribution in [3.05, 3.63) is 29.8 Å². The molecule has 0 spiro atoms. The van der Waals surface area contributed by atoms with E-state index in [1.165, 1.54) is 7.11 Å². The van der Waals surface area contributed by atoms with Crippen molar-refractivity contribution < 1.29 is 44.0 Å². The second kappa shape index (κ2) is 18.2. The van der Waals surface area contributed by atoms with Crippen molar-refractivity contribution in [1.82, 2.24) is 19.6 Å². The van der Waals surface area contributed by atoms with E-state index < -0.39 is 29.9 Å². The third-order valence-corrected chi connectivity index (χ3v) is 7.01. The van der Waals surface area contributed by atoms with Gasteiger partial charge in [0.15, 0.2) is 0 Å². The third-order valence-electron chi connectivity index (χ3n) is 7.01. The number of hydrogen-bond donors (Lipinski definition) is 3. The number of ether oxygens (including phenoxy) is 2. The van der Waals surface area contributed by atoms with E-state index in [1.54, 1.807) is 14.7 Å². The molecular formula is C28H44N4O9. The Balaban J connectivity index is 2.24. The molecule has 0 amide bonds. The second-order valence-electron chi connectivity index (χ2n) is 10.1. The molecule has 3 N–H and O–H groups in total. The van der Waals surface area contributed by atoms with Crippen LogP contribution in [0.1, 0.15) is 25.3 Å².